The van der Waals surface area contributed by atoms with Crippen molar-refractivity contribution in [2.75, 3.05) is 12.4 Å². The molecule has 1 aromatic carbocycles. The summed E-state index contributed by atoms with van der Waals surface area (Å²) >= 11 is 1.46. The molecule has 3 aromatic rings. The first kappa shape index (κ1) is 21.9. The lowest BCUT2D eigenvalue weighted by molar-refractivity contribution is 0.0601. The van der Waals surface area contributed by atoms with Crippen LogP contribution in [0.5, 0.6) is 5.75 Å². The van der Waals surface area contributed by atoms with Crippen LogP contribution in [-0.4, -0.2) is 39.2 Å². The van der Waals surface area contributed by atoms with Gasteiger partial charge in [-0.25, -0.2) is 9.48 Å². The van der Waals surface area contributed by atoms with Gasteiger partial charge in [-0.2, -0.15) is 0 Å². The molecule has 0 atom stereocenters. The fraction of sp³-hybridized carbons (Fsp3) is 0.409. The summed E-state index contributed by atoms with van der Waals surface area (Å²) in [7, 11) is 1.36. The van der Waals surface area contributed by atoms with E-state index >= 15 is 0 Å². The maximum absolute atomic E-state index is 13.0. The van der Waals surface area contributed by atoms with E-state index in [-0.39, 0.29) is 18.6 Å². The molecule has 168 valence electrons. The van der Waals surface area contributed by atoms with Crippen molar-refractivity contribution in [3.63, 3.8) is 0 Å². The third kappa shape index (κ3) is 4.50. The average molecular weight is 456 g/mol. The summed E-state index contributed by atoms with van der Waals surface area (Å²) in [5.41, 5.74) is 1.91. The van der Waals surface area contributed by atoms with E-state index in [1.165, 1.54) is 18.4 Å². The van der Waals surface area contributed by atoms with E-state index in [0.29, 0.717) is 27.7 Å². The Hall–Kier alpha value is -3.27. The molecule has 1 amide bonds. The minimum atomic E-state index is -0.417. The zero-order valence-corrected chi connectivity index (χ0v) is 19.1. The molecule has 0 radical (unpaired) electrons. The van der Waals surface area contributed by atoms with Gasteiger partial charge >= 0.3 is 5.97 Å². The van der Waals surface area contributed by atoms with Gasteiger partial charge < -0.3 is 14.8 Å². The summed E-state index contributed by atoms with van der Waals surface area (Å²) in [6.07, 6.45) is 3.85. The highest BCUT2D eigenvalue weighted by atomic mass is 32.1. The van der Waals surface area contributed by atoms with Gasteiger partial charge in [-0.15, -0.1) is 16.4 Å². The molecule has 1 N–H and O–H groups in total. The van der Waals surface area contributed by atoms with Crippen molar-refractivity contribution in [2.24, 2.45) is 0 Å². The Kier molecular flexibility index (Phi) is 6.50. The number of amides is 1. The van der Waals surface area contributed by atoms with Crippen molar-refractivity contribution < 1.29 is 19.1 Å². The second-order valence-corrected chi connectivity index (χ2v) is 8.92. The number of thiophene rings is 1. The van der Waals surface area contributed by atoms with E-state index in [4.69, 9.17) is 9.47 Å². The number of hydrogen-bond acceptors (Lipinski definition) is 8. The number of fused-ring (bicyclic) bond motifs is 1. The van der Waals surface area contributed by atoms with E-state index in [2.05, 4.69) is 20.8 Å². The molecule has 1 aliphatic carbocycles. The van der Waals surface area contributed by atoms with Crippen LogP contribution in [0.25, 0.3) is 0 Å². The summed E-state index contributed by atoms with van der Waals surface area (Å²) in [6, 6.07) is 6.98. The third-order valence-corrected chi connectivity index (χ3v) is 6.51. The Morgan fingerprint density at radius 1 is 1.25 bits per heavy atom. The molecule has 9 nitrogen and oxygen atoms in total. The summed E-state index contributed by atoms with van der Waals surface area (Å²) in [5.74, 6) is 0.391. The molecule has 0 unspecified atom stereocenters. The third-order valence-electron chi connectivity index (χ3n) is 5.30. The number of ether oxygens (including phenoxy) is 2. The highest BCUT2D eigenvalue weighted by Gasteiger charge is 2.27. The van der Waals surface area contributed by atoms with Crippen LogP contribution in [0.1, 0.15) is 69.7 Å². The van der Waals surface area contributed by atoms with Gasteiger partial charge in [-0.05, 0) is 73.7 Å². The highest BCUT2D eigenvalue weighted by Crippen LogP contribution is 2.38. The lowest BCUT2D eigenvalue weighted by atomic mass is 9.95. The van der Waals surface area contributed by atoms with Crippen molar-refractivity contribution >= 4 is 28.2 Å². The average Bonchev–Trinajstić information content (AvgIpc) is 3.41. The number of esters is 1. The van der Waals surface area contributed by atoms with Crippen LogP contribution >= 0.6 is 11.3 Å². The Balaban J connectivity index is 1.51. The summed E-state index contributed by atoms with van der Waals surface area (Å²) in [6.45, 7) is 4.14. The van der Waals surface area contributed by atoms with Gasteiger partial charge in [0.15, 0.2) is 5.82 Å². The van der Waals surface area contributed by atoms with E-state index in [9.17, 15) is 9.59 Å². The largest absolute Gasteiger partial charge is 0.486 e. The molecular weight excluding hydrogens is 430 g/mol. The molecule has 0 bridgehead atoms. The monoisotopic (exact) mass is 455 g/mol. The number of aryl methyl sites for hydroxylation is 1. The second-order valence-electron chi connectivity index (χ2n) is 7.81. The Bertz CT molecular complexity index is 1140. The number of hydrogen-bond donors (Lipinski definition) is 1. The van der Waals surface area contributed by atoms with Gasteiger partial charge in [0.25, 0.3) is 5.91 Å². The number of nitrogens with zero attached hydrogens (tertiary/aromatic N) is 4. The first-order valence-corrected chi connectivity index (χ1v) is 11.3. The van der Waals surface area contributed by atoms with Crippen molar-refractivity contribution in [3.8, 4) is 5.75 Å². The Labute approximate surface area is 189 Å². The molecule has 0 spiro atoms. The number of carbonyl (C=O) groups is 2. The fourth-order valence-corrected chi connectivity index (χ4v) is 5.00. The topological polar surface area (TPSA) is 108 Å². The number of benzene rings is 1. The van der Waals surface area contributed by atoms with Crippen molar-refractivity contribution in [1.82, 2.24) is 20.2 Å². The minimum Gasteiger partial charge on any atom is -0.486 e. The number of carbonyl (C=O) groups excluding carboxylic acids is 2. The molecule has 0 fully saturated rings. The lowest BCUT2D eigenvalue weighted by Gasteiger charge is -2.12. The zero-order valence-electron chi connectivity index (χ0n) is 18.3. The molecule has 1 aliphatic rings. The summed E-state index contributed by atoms with van der Waals surface area (Å²) < 4.78 is 12.5. The molecule has 0 saturated carbocycles. The minimum absolute atomic E-state index is 0.112. The van der Waals surface area contributed by atoms with Crippen LogP contribution in [0.3, 0.4) is 0 Å². The Morgan fingerprint density at radius 2 is 2.06 bits per heavy atom. The molecule has 32 heavy (non-hydrogen) atoms. The second kappa shape index (κ2) is 9.47. The standard InChI is InChI=1S/C22H25N5O4S/c1-13(2)27-18(24-25-26-27)12-31-15-8-6-7-14(11-15)20(28)23-21-19(22(29)30-3)16-9-4-5-10-17(16)32-21/h6-8,11,13H,4-5,9-10,12H2,1-3H3,(H,23,28). The number of rotatable bonds is 7. The SMILES string of the molecule is COC(=O)c1c(NC(=O)c2cccc(OCc3nnnn3C(C)C)c2)sc2c1CCCC2. The number of anilines is 1. The molecule has 10 heteroatoms. The van der Waals surface area contributed by atoms with Crippen LogP contribution in [0.4, 0.5) is 5.00 Å². The number of tetrazole rings is 1. The zero-order chi connectivity index (χ0) is 22.7. The molecule has 4 rings (SSSR count). The van der Waals surface area contributed by atoms with Crippen LogP contribution in [0.15, 0.2) is 24.3 Å². The van der Waals surface area contributed by atoms with Gasteiger partial charge in [0, 0.05) is 10.4 Å². The van der Waals surface area contributed by atoms with Gasteiger partial charge in [0.2, 0.25) is 0 Å². The Morgan fingerprint density at radius 3 is 2.84 bits per heavy atom. The highest BCUT2D eigenvalue weighted by molar-refractivity contribution is 7.17. The quantitative estimate of drug-likeness (QED) is 0.540. The van der Waals surface area contributed by atoms with Gasteiger partial charge in [-0.1, -0.05) is 6.07 Å². The normalized spacial score (nSPS) is 13.0. The fourth-order valence-electron chi connectivity index (χ4n) is 3.73. The van der Waals surface area contributed by atoms with Gasteiger partial charge in [-0.3, -0.25) is 4.79 Å². The van der Waals surface area contributed by atoms with E-state index in [0.717, 1.165) is 36.1 Å². The van der Waals surface area contributed by atoms with Crippen LogP contribution < -0.4 is 10.1 Å². The number of nitrogens with one attached hydrogen (secondary N) is 1. The number of methoxy groups -OCH3 is 1. The number of aromatic nitrogens is 4. The molecule has 2 heterocycles. The van der Waals surface area contributed by atoms with E-state index in [1.807, 2.05) is 13.8 Å². The first-order chi connectivity index (χ1) is 15.5. The molecule has 0 aliphatic heterocycles. The molecule has 0 saturated heterocycles. The van der Waals surface area contributed by atoms with Crippen LogP contribution in [-0.2, 0) is 24.2 Å². The lowest BCUT2D eigenvalue weighted by Crippen LogP contribution is -2.15. The molecule has 2 aromatic heterocycles. The maximum atomic E-state index is 13.0. The maximum Gasteiger partial charge on any atom is 0.341 e. The van der Waals surface area contributed by atoms with Crippen molar-refractivity contribution in [2.45, 2.75) is 52.2 Å². The van der Waals surface area contributed by atoms with E-state index in [1.54, 1.807) is 28.9 Å². The van der Waals surface area contributed by atoms with E-state index < -0.39 is 5.97 Å². The predicted molar refractivity (Wildman–Crippen MR) is 119 cm³/mol. The predicted octanol–water partition coefficient (Wildman–Crippen LogP) is 3.81. The first-order valence-electron chi connectivity index (χ1n) is 10.5. The summed E-state index contributed by atoms with van der Waals surface area (Å²) in [4.78, 5) is 26.5. The summed E-state index contributed by atoms with van der Waals surface area (Å²) in [5, 5.41) is 15.1. The van der Waals surface area contributed by atoms with Gasteiger partial charge in [0.05, 0.1) is 18.7 Å². The van der Waals surface area contributed by atoms with Gasteiger partial charge in [0.1, 0.15) is 17.4 Å². The molecular formula is C22H25N5O4S. The van der Waals surface area contributed by atoms with Crippen LogP contribution in [0, 0.1) is 0 Å². The van der Waals surface area contributed by atoms with Crippen molar-refractivity contribution in [3.05, 3.63) is 51.7 Å². The van der Waals surface area contributed by atoms with Crippen molar-refractivity contribution in [1.29, 1.82) is 0 Å². The van der Waals surface area contributed by atoms with Crippen LogP contribution in [0.2, 0.25) is 0 Å². The smallest absolute Gasteiger partial charge is 0.341 e.